The number of allylic oxidation sites excluding steroid dienone is 1. The molecule has 0 bridgehead atoms. The van der Waals surface area contributed by atoms with E-state index in [0.717, 1.165) is 12.1 Å². The van der Waals surface area contributed by atoms with Crippen LogP contribution in [-0.4, -0.2) is 11.1 Å². The van der Waals surface area contributed by atoms with Crippen LogP contribution in [-0.2, 0) is 11.0 Å². The summed E-state index contributed by atoms with van der Waals surface area (Å²) in [4.78, 5) is 11.3. The average molecular weight is 338 g/mol. The lowest BCUT2D eigenvalue weighted by molar-refractivity contribution is -0.138. The van der Waals surface area contributed by atoms with Crippen LogP contribution in [0.1, 0.15) is 12.5 Å². The number of para-hydroxylation sites is 2. The Hall–Kier alpha value is -2.96. The summed E-state index contributed by atoms with van der Waals surface area (Å²) in [5, 5.41) is 9.23. The first-order valence-electron chi connectivity index (χ1n) is 6.80. The van der Waals surface area contributed by atoms with E-state index in [1.54, 1.807) is 18.2 Å². The molecular weight excluding hydrogens is 325 g/mol. The van der Waals surface area contributed by atoms with E-state index in [2.05, 4.69) is 0 Å². The van der Waals surface area contributed by atoms with Crippen molar-refractivity contribution in [3.63, 3.8) is 0 Å². The molecule has 0 aliphatic rings. The highest BCUT2D eigenvalue weighted by atomic mass is 19.4. The number of alkyl halides is 3. The van der Waals surface area contributed by atoms with Crippen molar-refractivity contribution in [1.29, 1.82) is 0 Å². The Labute approximate surface area is 135 Å². The molecule has 2 aromatic rings. The molecule has 0 aliphatic heterocycles. The van der Waals surface area contributed by atoms with E-state index in [1.165, 1.54) is 31.2 Å². The lowest BCUT2D eigenvalue weighted by Gasteiger charge is -2.15. The molecule has 2 aromatic carbocycles. The second-order valence-corrected chi connectivity index (χ2v) is 4.70. The van der Waals surface area contributed by atoms with Crippen LogP contribution in [0.25, 0.3) is 0 Å². The van der Waals surface area contributed by atoms with Gasteiger partial charge in [0.2, 0.25) is 5.76 Å². The molecule has 1 N–H and O–H groups in total. The molecule has 0 saturated heterocycles. The van der Waals surface area contributed by atoms with Gasteiger partial charge in [-0.15, -0.1) is 0 Å². The highest BCUT2D eigenvalue weighted by molar-refractivity contribution is 5.85. The molecule has 0 amide bonds. The third-order valence-corrected chi connectivity index (χ3v) is 2.93. The minimum atomic E-state index is -4.62. The maximum atomic E-state index is 13.0. The number of hydrogen-bond acceptors (Lipinski definition) is 3. The van der Waals surface area contributed by atoms with Crippen LogP contribution in [0.2, 0.25) is 0 Å². The second kappa shape index (κ2) is 7.08. The van der Waals surface area contributed by atoms with Gasteiger partial charge in [0.1, 0.15) is 11.5 Å². The van der Waals surface area contributed by atoms with Crippen LogP contribution in [0, 0.1) is 0 Å². The van der Waals surface area contributed by atoms with Gasteiger partial charge in [0, 0.05) is 0 Å². The van der Waals surface area contributed by atoms with E-state index in [-0.39, 0.29) is 11.5 Å². The molecule has 0 spiro atoms. The smallest absolute Gasteiger partial charge is 0.419 e. The zero-order chi connectivity index (χ0) is 17.7. The molecule has 0 heterocycles. The fraction of sp³-hybridized carbons (Fsp3) is 0.118. The van der Waals surface area contributed by atoms with Gasteiger partial charge in [0.25, 0.3) is 0 Å². The highest BCUT2D eigenvalue weighted by Crippen LogP contribution is 2.36. The average Bonchev–Trinajstić information content (AvgIpc) is 2.52. The van der Waals surface area contributed by atoms with Gasteiger partial charge in [-0.3, -0.25) is 0 Å². The number of aliphatic carboxylic acids is 1. The highest BCUT2D eigenvalue weighted by Gasteiger charge is 2.34. The van der Waals surface area contributed by atoms with Crippen LogP contribution < -0.4 is 9.47 Å². The fourth-order valence-corrected chi connectivity index (χ4v) is 1.87. The van der Waals surface area contributed by atoms with Gasteiger partial charge in [-0.05, 0) is 31.2 Å². The predicted octanol–water partition coefficient (Wildman–Crippen LogP) is 4.48. The number of ether oxygens (including phenoxy) is 2. The van der Waals surface area contributed by atoms with Gasteiger partial charge < -0.3 is 14.6 Å². The molecule has 24 heavy (non-hydrogen) atoms. The number of carboxylic acid groups (broad SMARTS) is 1. The molecule has 0 atom stereocenters. The molecular formula is C17H13F3O4. The Balaban J connectivity index is 2.35. The van der Waals surface area contributed by atoms with Gasteiger partial charge in [0.15, 0.2) is 5.76 Å². The summed E-state index contributed by atoms with van der Waals surface area (Å²) in [5.74, 6) is -2.64. The van der Waals surface area contributed by atoms with Crippen molar-refractivity contribution in [2.75, 3.05) is 0 Å². The van der Waals surface area contributed by atoms with E-state index >= 15 is 0 Å². The first kappa shape index (κ1) is 17.4. The molecule has 0 unspecified atom stereocenters. The third-order valence-electron chi connectivity index (χ3n) is 2.93. The zero-order valence-electron chi connectivity index (χ0n) is 12.5. The molecule has 7 heteroatoms. The Kier molecular flexibility index (Phi) is 5.13. The summed E-state index contributed by atoms with van der Waals surface area (Å²) in [6.45, 7) is 1.22. The van der Waals surface area contributed by atoms with Crippen LogP contribution >= 0.6 is 0 Å². The zero-order valence-corrected chi connectivity index (χ0v) is 12.5. The van der Waals surface area contributed by atoms with Crippen LogP contribution in [0.3, 0.4) is 0 Å². The van der Waals surface area contributed by atoms with E-state index in [9.17, 15) is 23.1 Å². The molecule has 0 saturated carbocycles. The van der Waals surface area contributed by atoms with Crippen molar-refractivity contribution in [2.24, 2.45) is 0 Å². The minimum Gasteiger partial charge on any atom is -0.475 e. The summed E-state index contributed by atoms with van der Waals surface area (Å²) in [6.07, 6.45) is -4.62. The minimum absolute atomic E-state index is 0.224. The Morgan fingerprint density at radius 2 is 1.54 bits per heavy atom. The molecule has 0 radical (unpaired) electrons. The number of carbonyl (C=O) groups is 1. The lowest BCUT2D eigenvalue weighted by atomic mass is 10.2. The van der Waals surface area contributed by atoms with Gasteiger partial charge in [-0.1, -0.05) is 30.3 Å². The summed E-state index contributed by atoms with van der Waals surface area (Å²) >= 11 is 0. The van der Waals surface area contributed by atoms with Crippen LogP contribution in [0.4, 0.5) is 13.2 Å². The summed E-state index contributed by atoms with van der Waals surface area (Å²) in [7, 11) is 0. The first-order chi connectivity index (χ1) is 11.3. The summed E-state index contributed by atoms with van der Waals surface area (Å²) in [6, 6.07) is 12.5. The van der Waals surface area contributed by atoms with Crippen LogP contribution in [0.5, 0.6) is 11.5 Å². The maximum Gasteiger partial charge on any atom is 0.419 e. The predicted molar refractivity (Wildman–Crippen MR) is 79.5 cm³/mol. The van der Waals surface area contributed by atoms with Crippen molar-refractivity contribution in [2.45, 2.75) is 13.1 Å². The monoisotopic (exact) mass is 338 g/mol. The van der Waals surface area contributed by atoms with Crippen molar-refractivity contribution < 1.29 is 32.5 Å². The quantitative estimate of drug-likeness (QED) is 0.645. The number of hydrogen-bond donors (Lipinski definition) is 1. The number of halogens is 3. The lowest BCUT2D eigenvalue weighted by Crippen LogP contribution is -2.14. The van der Waals surface area contributed by atoms with Crippen molar-refractivity contribution in [3.05, 3.63) is 71.7 Å². The van der Waals surface area contributed by atoms with Crippen molar-refractivity contribution >= 4 is 5.97 Å². The molecule has 0 aliphatic carbocycles. The number of carboxylic acids is 1. The molecule has 126 valence electrons. The Morgan fingerprint density at radius 1 is 0.958 bits per heavy atom. The second-order valence-electron chi connectivity index (χ2n) is 4.70. The molecule has 4 nitrogen and oxygen atoms in total. The molecule has 0 aromatic heterocycles. The number of benzene rings is 2. The normalized spacial score (nSPS) is 12.3. The number of rotatable bonds is 5. The molecule has 0 fully saturated rings. The fourth-order valence-electron chi connectivity index (χ4n) is 1.87. The van der Waals surface area contributed by atoms with E-state index in [4.69, 9.17) is 9.47 Å². The summed E-state index contributed by atoms with van der Waals surface area (Å²) < 4.78 is 49.2. The Morgan fingerprint density at radius 3 is 2.12 bits per heavy atom. The Bertz CT molecular complexity index is 752. The van der Waals surface area contributed by atoms with Crippen LogP contribution in [0.15, 0.2) is 66.1 Å². The van der Waals surface area contributed by atoms with Gasteiger partial charge in [-0.25, -0.2) is 4.79 Å². The SMILES string of the molecule is C/C(Oc1ccccc1C(F)(F)F)=C(\Oc1ccccc1)C(=O)O. The summed E-state index contributed by atoms with van der Waals surface area (Å²) in [5.41, 5.74) is -1.01. The van der Waals surface area contributed by atoms with E-state index < -0.39 is 29.2 Å². The standard InChI is InChI=1S/C17H13F3O4/c1-11(15(16(21)22)24-12-7-3-2-4-8-12)23-14-10-6-5-9-13(14)17(18,19)20/h2-10H,1H3,(H,21,22)/b15-11+. The van der Waals surface area contributed by atoms with Crippen molar-refractivity contribution in [3.8, 4) is 11.5 Å². The van der Waals surface area contributed by atoms with Gasteiger partial charge in [0.05, 0.1) is 5.56 Å². The topological polar surface area (TPSA) is 55.8 Å². The van der Waals surface area contributed by atoms with Crippen molar-refractivity contribution in [1.82, 2.24) is 0 Å². The van der Waals surface area contributed by atoms with E-state index in [0.29, 0.717) is 0 Å². The first-order valence-corrected chi connectivity index (χ1v) is 6.80. The molecule has 2 rings (SSSR count). The largest absolute Gasteiger partial charge is 0.475 e. The van der Waals surface area contributed by atoms with E-state index in [1.807, 2.05) is 0 Å². The van der Waals surface area contributed by atoms with Gasteiger partial charge >= 0.3 is 12.1 Å². The third kappa shape index (κ3) is 4.28. The van der Waals surface area contributed by atoms with Gasteiger partial charge in [-0.2, -0.15) is 13.2 Å². The maximum absolute atomic E-state index is 13.0.